The second-order valence-electron chi connectivity index (χ2n) is 4.74. The normalized spacial score (nSPS) is 11.3. The van der Waals surface area contributed by atoms with Crippen LogP contribution in [0.15, 0.2) is 41.4 Å². The van der Waals surface area contributed by atoms with Crippen LogP contribution in [0.3, 0.4) is 0 Å². The van der Waals surface area contributed by atoms with Gasteiger partial charge >= 0.3 is 0 Å². The molecule has 0 saturated heterocycles. The van der Waals surface area contributed by atoms with E-state index < -0.39 is 10.0 Å². The van der Waals surface area contributed by atoms with Gasteiger partial charge in [-0.1, -0.05) is 30.3 Å². The maximum atomic E-state index is 12.1. The second kappa shape index (κ2) is 7.40. The summed E-state index contributed by atoms with van der Waals surface area (Å²) in [6.45, 7) is 0.806. The lowest BCUT2D eigenvalue weighted by atomic mass is 10.1. The van der Waals surface area contributed by atoms with Crippen molar-refractivity contribution in [1.29, 1.82) is 0 Å². The zero-order chi connectivity index (χ0) is 16.9. The predicted molar refractivity (Wildman–Crippen MR) is 86.8 cm³/mol. The van der Waals surface area contributed by atoms with Gasteiger partial charge in [-0.2, -0.15) is 0 Å². The van der Waals surface area contributed by atoms with Gasteiger partial charge in [-0.15, -0.1) is 0 Å². The van der Waals surface area contributed by atoms with Gasteiger partial charge in [0.25, 0.3) is 0 Å². The molecule has 0 saturated carbocycles. The number of aromatic nitrogens is 1. The number of methoxy groups -OCH3 is 1. The Morgan fingerprint density at radius 1 is 1.22 bits per heavy atom. The molecule has 0 bridgehead atoms. The molecular weight excluding hydrogens is 318 g/mol. The molecule has 1 aromatic heterocycles. The predicted octanol–water partition coefficient (Wildman–Crippen LogP) is 1.13. The Labute approximate surface area is 135 Å². The van der Waals surface area contributed by atoms with Gasteiger partial charge in [-0.3, -0.25) is 0 Å². The van der Waals surface area contributed by atoms with E-state index in [9.17, 15) is 8.42 Å². The maximum absolute atomic E-state index is 12.1. The number of rotatable bonds is 7. The van der Waals surface area contributed by atoms with Crippen LogP contribution in [0, 0.1) is 0 Å². The lowest BCUT2D eigenvalue weighted by molar-refractivity contribution is 0.310. The Hall–Kier alpha value is -2.16. The molecule has 0 unspecified atom stereocenters. The molecule has 7 nitrogen and oxygen atoms in total. The van der Waals surface area contributed by atoms with E-state index in [0.29, 0.717) is 36.4 Å². The summed E-state index contributed by atoms with van der Waals surface area (Å²) < 4.78 is 34.9. The van der Waals surface area contributed by atoms with Crippen molar-refractivity contribution in [3.05, 3.63) is 36.5 Å². The van der Waals surface area contributed by atoms with Crippen LogP contribution in [-0.2, 0) is 10.0 Å². The molecule has 0 atom stereocenters. The summed E-state index contributed by atoms with van der Waals surface area (Å²) in [4.78, 5) is 3.79. The van der Waals surface area contributed by atoms with Gasteiger partial charge in [0.1, 0.15) is 5.75 Å². The highest BCUT2D eigenvalue weighted by Gasteiger charge is 2.26. The monoisotopic (exact) mass is 337 g/mol. The van der Waals surface area contributed by atoms with Gasteiger partial charge in [-0.25, -0.2) is 18.5 Å². The number of primary sulfonamides is 1. The van der Waals surface area contributed by atoms with Crippen LogP contribution >= 0.6 is 0 Å². The van der Waals surface area contributed by atoms with Crippen LogP contribution in [0.5, 0.6) is 11.6 Å². The summed E-state index contributed by atoms with van der Waals surface area (Å²) in [6.07, 6.45) is 2.05. The molecule has 2 aromatic rings. The molecule has 1 heterocycles. The van der Waals surface area contributed by atoms with E-state index in [-0.39, 0.29) is 10.8 Å². The average Bonchev–Trinajstić information content (AvgIpc) is 2.54. The number of hydrogen-bond donors (Lipinski definition) is 2. The first-order valence-corrected chi connectivity index (χ1v) is 8.51. The Kier molecular flexibility index (Phi) is 5.54. The highest BCUT2D eigenvalue weighted by Crippen LogP contribution is 2.39. The fourth-order valence-corrected chi connectivity index (χ4v) is 3.00. The Bertz CT molecular complexity index is 764. The molecular formula is C15H19N3O4S. The van der Waals surface area contributed by atoms with Crippen molar-refractivity contribution in [1.82, 2.24) is 4.98 Å². The van der Waals surface area contributed by atoms with Gasteiger partial charge in [0.2, 0.25) is 15.9 Å². The summed E-state index contributed by atoms with van der Waals surface area (Å²) in [5.41, 5.74) is 6.42. The lowest BCUT2D eigenvalue weighted by Crippen LogP contribution is -2.16. The summed E-state index contributed by atoms with van der Waals surface area (Å²) in [6, 6.07) is 8.93. The zero-order valence-corrected chi connectivity index (χ0v) is 13.5. The SMILES string of the molecule is COc1ncc(OCCCN)c(-c2ccccc2)c1S(N)(=O)=O. The molecule has 0 aliphatic rings. The first-order chi connectivity index (χ1) is 11.0. The smallest absolute Gasteiger partial charge is 0.244 e. The van der Waals surface area contributed by atoms with E-state index >= 15 is 0 Å². The van der Waals surface area contributed by atoms with Crippen molar-refractivity contribution in [3.8, 4) is 22.8 Å². The number of ether oxygens (including phenoxy) is 2. The number of pyridine rings is 1. The van der Waals surface area contributed by atoms with Crippen LogP contribution < -0.4 is 20.3 Å². The van der Waals surface area contributed by atoms with Crippen LogP contribution in [0.4, 0.5) is 0 Å². The lowest BCUT2D eigenvalue weighted by Gasteiger charge is -2.16. The van der Waals surface area contributed by atoms with E-state index in [1.54, 1.807) is 24.3 Å². The van der Waals surface area contributed by atoms with Crippen molar-refractivity contribution < 1.29 is 17.9 Å². The highest BCUT2D eigenvalue weighted by molar-refractivity contribution is 7.89. The maximum Gasteiger partial charge on any atom is 0.244 e. The molecule has 0 fully saturated rings. The van der Waals surface area contributed by atoms with Crippen LogP contribution in [0.1, 0.15) is 6.42 Å². The van der Waals surface area contributed by atoms with Gasteiger partial charge in [0, 0.05) is 0 Å². The summed E-state index contributed by atoms with van der Waals surface area (Å²) in [5.74, 6) is 0.243. The fourth-order valence-electron chi connectivity index (χ4n) is 2.12. The molecule has 0 amide bonds. The minimum Gasteiger partial charge on any atom is -0.491 e. The first-order valence-electron chi connectivity index (χ1n) is 6.97. The van der Waals surface area contributed by atoms with Crippen molar-refractivity contribution in [2.45, 2.75) is 11.3 Å². The molecule has 0 radical (unpaired) electrons. The third kappa shape index (κ3) is 3.98. The molecule has 1 aromatic carbocycles. The summed E-state index contributed by atoms with van der Waals surface area (Å²) >= 11 is 0. The largest absolute Gasteiger partial charge is 0.491 e. The standard InChI is InChI=1S/C15H19N3O4S/c1-21-15-14(23(17,19)20)13(11-6-3-2-4-7-11)12(10-18-15)22-9-5-8-16/h2-4,6-7,10H,5,8-9,16H2,1H3,(H2,17,19,20). The Morgan fingerprint density at radius 2 is 1.91 bits per heavy atom. The van der Waals surface area contributed by atoms with Crippen LogP contribution in [0.25, 0.3) is 11.1 Å². The molecule has 0 aliphatic heterocycles. The van der Waals surface area contributed by atoms with E-state index in [0.717, 1.165) is 0 Å². The van der Waals surface area contributed by atoms with Gasteiger partial charge < -0.3 is 15.2 Å². The first kappa shape index (κ1) is 17.2. The molecule has 124 valence electrons. The van der Waals surface area contributed by atoms with Crippen LogP contribution in [0.2, 0.25) is 0 Å². The van der Waals surface area contributed by atoms with E-state index in [1.165, 1.54) is 13.3 Å². The number of nitrogens with zero attached hydrogens (tertiary/aromatic N) is 1. The van der Waals surface area contributed by atoms with Crippen molar-refractivity contribution in [2.24, 2.45) is 10.9 Å². The van der Waals surface area contributed by atoms with E-state index in [1.807, 2.05) is 6.07 Å². The molecule has 23 heavy (non-hydrogen) atoms. The third-order valence-electron chi connectivity index (χ3n) is 3.11. The number of benzene rings is 1. The number of sulfonamides is 1. The Balaban J connectivity index is 2.69. The van der Waals surface area contributed by atoms with Gasteiger partial charge in [0.15, 0.2) is 4.90 Å². The quantitative estimate of drug-likeness (QED) is 0.731. The molecule has 4 N–H and O–H groups in total. The highest BCUT2D eigenvalue weighted by atomic mass is 32.2. The topological polar surface area (TPSA) is 118 Å². The molecule has 0 spiro atoms. The average molecular weight is 337 g/mol. The van der Waals surface area contributed by atoms with Gasteiger partial charge in [-0.05, 0) is 18.5 Å². The minimum absolute atomic E-state index is 0.0717. The molecule has 0 aliphatic carbocycles. The van der Waals surface area contributed by atoms with Crippen molar-refractivity contribution >= 4 is 10.0 Å². The van der Waals surface area contributed by atoms with E-state index in [4.69, 9.17) is 20.3 Å². The Morgan fingerprint density at radius 3 is 2.48 bits per heavy atom. The minimum atomic E-state index is -4.07. The summed E-state index contributed by atoms with van der Waals surface area (Å²) in [7, 11) is -2.74. The zero-order valence-electron chi connectivity index (χ0n) is 12.7. The van der Waals surface area contributed by atoms with E-state index in [2.05, 4.69) is 4.98 Å². The fraction of sp³-hybridized carbons (Fsp3) is 0.267. The second-order valence-corrected chi connectivity index (χ2v) is 6.24. The van der Waals surface area contributed by atoms with Crippen LogP contribution in [-0.4, -0.2) is 33.7 Å². The molecule has 2 rings (SSSR count). The third-order valence-corrected chi connectivity index (χ3v) is 4.06. The van der Waals surface area contributed by atoms with Crippen molar-refractivity contribution in [3.63, 3.8) is 0 Å². The summed E-state index contributed by atoms with van der Waals surface area (Å²) in [5, 5.41) is 5.37. The van der Waals surface area contributed by atoms with Crippen molar-refractivity contribution in [2.75, 3.05) is 20.3 Å². The number of nitrogens with two attached hydrogens (primary N) is 2. The number of hydrogen-bond acceptors (Lipinski definition) is 6. The molecule has 8 heteroatoms. The van der Waals surface area contributed by atoms with Gasteiger partial charge in [0.05, 0.1) is 25.5 Å².